The molecular formula is C25H19F4N3O3. The number of halogens is 4. The number of oxazole rings is 1. The van der Waals surface area contributed by atoms with Crippen molar-refractivity contribution in [2.45, 2.75) is 26.4 Å². The van der Waals surface area contributed by atoms with E-state index in [0.29, 0.717) is 16.7 Å². The number of anilines is 1. The molecule has 4 rings (SSSR count). The Hall–Kier alpha value is -4.21. The average molecular weight is 485 g/mol. The minimum Gasteiger partial charge on any atom is -0.441 e. The molecule has 0 saturated heterocycles. The summed E-state index contributed by atoms with van der Waals surface area (Å²) in [6, 6.07) is 13.0. The minimum atomic E-state index is -3.07. The number of aromatic nitrogens is 2. The van der Waals surface area contributed by atoms with E-state index < -0.39 is 18.4 Å². The van der Waals surface area contributed by atoms with Crippen LogP contribution in [0.25, 0.3) is 22.6 Å². The predicted molar refractivity (Wildman–Crippen MR) is 121 cm³/mol. The molecule has 4 aromatic rings. The number of carbonyl (C=O) groups excluding carboxylic acids is 1. The second-order valence-corrected chi connectivity index (χ2v) is 7.68. The van der Waals surface area contributed by atoms with Crippen LogP contribution in [0.4, 0.5) is 23.2 Å². The van der Waals surface area contributed by atoms with Crippen LogP contribution < -0.4 is 10.1 Å². The Morgan fingerprint density at radius 1 is 1.09 bits per heavy atom. The zero-order chi connectivity index (χ0) is 25.2. The zero-order valence-corrected chi connectivity index (χ0v) is 18.6. The Balaban J connectivity index is 1.65. The lowest BCUT2D eigenvalue weighted by atomic mass is 10.0. The maximum Gasteiger partial charge on any atom is 0.387 e. The highest BCUT2D eigenvalue weighted by Gasteiger charge is 2.25. The predicted octanol–water partition coefficient (Wildman–Crippen LogP) is 6.68. The molecular weight excluding hydrogens is 466 g/mol. The summed E-state index contributed by atoms with van der Waals surface area (Å²) in [7, 11) is 0. The van der Waals surface area contributed by atoms with E-state index in [1.165, 1.54) is 55.6 Å². The summed E-state index contributed by atoms with van der Waals surface area (Å²) >= 11 is 0. The number of amides is 1. The van der Waals surface area contributed by atoms with Gasteiger partial charge in [0.25, 0.3) is 11.8 Å². The van der Waals surface area contributed by atoms with Crippen molar-refractivity contribution in [2.75, 3.05) is 5.32 Å². The Kier molecular flexibility index (Phi) is 6.54. The molecule has 2 aromatic heterocycles. The van der Waals surface area contributed by atoms with Crippen LogP contribution in [0.3, 0.4) is 0 Å². The van der Waals surface area contributed by atoms with Crippen molar-refractivity contribution >= 4 is 11.6 Å². The topological polar surface area (TPSA) is 77.2 Å². The van der Waals surface area contributed by atoms with Crippen LogP contribution in [0.2, 0.25) is 0 Å². The van der Waals surface area contributed by atoms with Crippen LogP contribution in [0.5, 0.6) is 5.75 Å². The highest BCUT2D eigenvalue weighted by molar-refractivity contribution is 6.03. The molecule has 0 atom stereocenters. The molecule has 0 aliphatic heterocycles. The number of nitrogens with zero attached hydrogens (tertiary/aromatic N) is 2. The van der Waals surface area contributed by atoms with Crippen molar-refractivity contribution in [1.82, 2.24) is 9.97 Å². The van der Waals surface area contributed by atoms with E-state index in [2.05, 4.69) is 20.0 Å². The number of rotatable bonds is 7. The van der Waals surface area contributed by atoms with E-state index >= 15 is 0 Å². The van der Waals surface area contributed by atoms with Crippen molar-refractivity contribution < 1.29 is 31.5 Å². The molecule has 0 radical (unpaired) electrons. The monoisotopic (exact) mass is 485 g/mol. The fourth-order valence-corrected chi connectivity index (χ4v) is 3.40. The number of ether oxygens (including phenoxy) is 1. The van der Waals surface area contributed by atoms with Crippen LogP contribution in [-0.4, -0.2) is 22.5 Å². The Labute approximate surface area is 197 Å². The molecule has 10 heteroatoms. The maximum absolute atomic E-state index is 13.6. The molecule has 0 spiro atoms. The van der Waals surface area contributed by atoms with Gasteiger partial charge in [-0.05, 0) is 43.3 Å². The normalized spacial score (nSPS) is 11.5. The molecule has 2 heterocycles. The highest BCUT2D eigenvalue weighted by atomic mass is 19.3. The van der Waals surface area contributed by atoms with Gasteiger partial charge in [0.05, 0.1) is 0 Å². The van der Waals surface area contributed by atoms with Gasteiger partial charge in [-0.3, -0.25) is 9.78 Å². The van der Waals surface area contributed by atoms with Crippen LogP contribution >= 0.6 is 0 Å². The van der Waals surface area contributed by atoms with Gasteiger partial charge in [0, 0.05) is 47.3 Å². The van der Waals surface area contributed by atoms with E-state index in [1.807, 2.05) is 0 Å². The molecule has 0 aliphatic rings. The van der Waals surface area contributed by atoms with Crippen molar-refractivity contribution in [3.8, 4) is 28.3 Å². The van der Waals surface area contributed by atoms with Gasteiger partial charge in [0.15, 0.2) is 5.69 Å². The first kappa shape index (κ1) is 23.9. The van der Waals surface area contributed by atoms with Gasteiger partial charge in [0.2, 0.25) is 5.89 Å². The summed E-state index contributed by atoms with van der Waals surface area (Å²) in [5.41, 5.74) is 1.13. The Morgan fingerprint density at radius 2 is 1.89 bits per heavy atom. The molecule has 6 nitrogen and oxygen atoms in total. The third-order valence-electron chi connectivity index (χ3n) is 5.05. The number of carbonyl (C=O) groups is 1. The van der Waals surface area contributed by atoms with Crippen LogP contribution in [0.1, 0.15) is 28.7 Å². The number of aryl methyl sites for hydroxylation is 1. The first-order chi connectivity index (χ1) is 16.6. The van der Waals surface area contributed by atoms with Crippen molar-refractivity contribution in [3.05, 3.63) is 84.0 Å². The summed E-state index contributed by atoms with van der Waals surface area (Å²) in [6.45, 7) is -0.737. The number of alkyl halides is 4. The number of hydrogen-bond acceptors (Lipinski definition) is 5. The van der Waals surface area contributed by atoms with Gasteiger partial charge in [-0.1, -0.05) is 18.2 Å². The summed E-state index contributed by atoms with van der Waals surface area (Å²) in [6.07, 6.45) is 3.03. The lowest BCUT2D eigenvalue weighted by Crippen LogP contribution is -2.14. The zero-order valence-electron chi connectivity index (χ0n) is 18.6. The smallest absolute Gasteiger partial charge is 0.387 e. The van der Waals surface area contributed by atoms with Crippen molar-refractivity contribution in [3.63, 3.8) is 0 Å². The molecule has 0 bridgehead atoms. The second-order valence-electron chi connectivity index (χ2n) is 7.68. The fourth-order valence-electron chi connectivity index (χ4n) is 3.40. The first-order valence-corrected chi connectivity index (χ1v) is 10.4. The van der Waals surface area contributed by atoms with Crippen LogP contribution in [0, 0.1) is 6.92 Å². The van der Waals surface area contributed by atoms with Crippen molar-refractivity contribution in [2.24, 2.45) is 0 Å². The lowest BCUT2D eigenvalue weighted by molar-refractivity contribution is -0.0494. The van der Waals surface area contributed by atoms with Gasteiger partial charge >= 0.3 is 6.61 Å². The summed E-state index contributed by atoms with van der Waals surface area (Å²) < 4.78 is 63.3. The number of benzene rings is 2. The number of hydrogen-bond donors (Lipinski definition) is 1. The standard InChI is InChI=1S/C25H19F4N3O3/c1-14-21(22(33)31-18-7-3-6-17(12-18)25(2,28)29)32-23(34-14)15-8-9-20(35-24(26)27)19(11-15)16-5-4-10-30-13-16/h3-13,24H,1-2H3,(H,31,33). The number of nitrogens with one attached hydrogen (secondary N) is 1. The maximum atomic E-state index is 13.6. The molecule has 1 amide bonds. The van der Waals surface area contributed by atoms with E-state index in [4.69, 9.17) is 4.42 Å². The molecule has 0 fully saturated rings. The van der Waals surface area contributed by atoms with E-state index in [9.17, 15) is 22.4 Å². The van der Waals surface area contributed by atoms with Gasteiger partial charge < -0.3 is 14.5 Å². The van der Waals surface area contributed by atoms with E-state index in [0.717, 1.165) is 6.92 Å². The fraction of sp³-hybridized carbons (Fsp3) is 0.160. The number of pyridine rings is 1. The molecule has 0 aliphatic carbocycles. The summed E-state index contributed by atoms with van der Waals surface area (Å²) in [5.74, 6) is -3.53. The Morgan fingerprint density at radius 3 is 2.57 bits per heavy atom. The molecule has 0 saturated carbocycles. The SMILES string of the molecule is Cc1oc(-c2ccc(OC(F)F)c(-c3cccnc3)c2)nc1C(=O)Nc1cccc(C(C)(F)F)c1. The highest BCUT2D eigenvalue weighted by Crippen LogP contribution is 2.35. The van der Waals surface area contributed by atoms with Crippen LogP contribution in [-0.2, 0) is 5.92 Å². The van der Waals surface area contributed by atoms with Crippen molar-refractivity contribution in [1.29, 1.82) is 0 Å². The second kappa shape index (κ2) is 9.57. The van der Waals surface area contributed by atoms with Gasteiger partial charge in [-0.15, -0.1) is 0 Å². The average Bonchev–Trinajstić information content (AvgIpc) is 3.21. The molecule has 0 unspecified atom stereocenters. The molecule has 35 heavy (non-hydrogen) atoms. The molecule has 1 N–H and O–H groups in total. The molecule has 2 aromatic carbocycles. The van der Waals surface area contributed by atoms with Gasteiger partial charge in [-0.2, -0.15) is 8.78 Å². The van der Waals surface area contributed by atoms with E-state index in [1.54, 1.807) is 18.3 Å². The van der Waals surface area contributed by atoms with Gasteiger partial charge in [0.1, 0.15) is 11.5 Å². The minimum absolute atomic E-state index is 0.0514. The summed E-state index contributed by atoms with van der Waals surface area (Å²) in [5, 5.41) is 2.54. The van der Waals surface area contributed by atoms with Crippen LogP contribution in [0.15, 0.2) is 71.4 Å². The Bertz CT molecular complexity index is 1350. The third kappa shape index (κ3) is 5.48. The first-order valence-electron chi connectivity index (χ1n) is 10.4. The summed E-state index contributed by atoms with van der Waals surface area (Å²) in [4.78, 5) is 21.0. The third-order valence-corrected chi connectivity index (χ3v) is 5.05. The van der Waals surface area contributed by atoms with Gasteiger partial charge in [-0.25, -0.2) is 13.8 Å². The lowest BCUT2D eigenvalue weighted by Gasteiger charge is -2.12. The largest absolute Gasteiger partial charge is 0.441 e. The quantitative estimate of drug-likeness (QED) is 0.296. The van der Waals surface area contributed by atoms with E-state index in [-0.39, 0.29) is 34.3 Å². The molecule has 180 valence electrons.